The summed E-state index contributed by atoms with van der Waals surface area (Å²) in [5.41, 5.74) is 1.31. The number of halogens is 1. The Morgan fingerprint density at radius 3 is 2.34 bits per heavy atom. The summed E-state index contributed by atoms with van der Waals surface area (Å²) in [7, 11) is 0. The number of carbonyl (C=O) groups excluding carboxylic acids is 1. The lowest BCUT2D eigenvalue weighted by molar-refractivity contribution is 0.0923. The lowest BCUT2D eigenvalue weighted by Crippen LogP contribution is -2.32. The van der Waals surface area contributed by atoms with Crippen LogP contribution in [-0.4, -0.2) is 32.3 Å². The molecule has 0 radical (unpaired) electrons. The van der Waals surface area contributed by atoms with Crippen LogP contribution in [0.4, 0.5) is 0 Å². The summed E-state index contributed by atoms with van der Waals surface area (Å²) in [6.45, 7) is 7.53. The van der Waals surface area contributed by atoms with Gasteiger partial charge in [-0.25, -0.2) is 0 Å². The lowest BCUT2D eigenvalue weighted by atomic mass is 10.00. The minimum atomic E-state index is -0.229. The van der Waals surface area contributed by atoms with E-state index in [-0.39, 0.29) is 11.9 Å². The van der Waals surface area contributed by atoms with Crippen LogP contribution in [0, 0.1) is 0 Å². The van der Waals surface area contributed by atoms with Gasteiger partial charge in [-0.1, -0.05) is 11.6 Å². The zero-order chi connectivity index (χ0) is 20.8. The van der Waals surface area contributed by atoms with E-state index in [1.165, 1.54) is 0 Å². The molecule has 0 spiro atoms. The van der Waals surface area contributed by atoms with Gasteiger partial charge in [0, 0.05) is 22.6 Å². The van der Waals surface area contributed by atoms with E-state index in [0.717, 1.165) is 11.3 Å². The molecule has 1 aliphatic heterocycles. The second-order valence-electron chi connectivity index (χ2n) is 6.45. The van der Waals surface area contributed by atoms with Gasteiger partial charge >= 0.3 is 0 Å². The summed E-state index contributed by atoms with van der Waals surface area (Å²) >= 11 is 6.14. The first kappa shape index (κ1) is 21.1. The predicted molar refractivity (Wildman–Crippen MR) is 112 cm³/mol. The van der Waals surface area contributed by atoms with Crippen LogP contribution in [0.1, 0.15) is 49.2 Å². The summed E-state index contributed by atoms with van der Waals surface area (Å²) in [4.78, 5) is 13.1. The first-order valence-electron chi connectivity index (χ1n) is 9.86. The molecule has 0 bridgehead atoms. The van der Waals surface area contributed by atoms with Crippen LogP contribution in [-0.2, 0) is 0 Å². The summed E-state index contributed by atoms with van der Waals surface area (Å²) in [6, 6.07) is 8.61. The van der Waals surface area contributed by atoms with E-state index >= 15 is 0 Å². The predicted octanol–water partition coefficient (Wildman–Crippen LogP) is 4.79. The topological polar surface area (TPSA) is 66.0 Å². The smallest absolute Gasteiger partial charge is 0.252 e. The van der Waals surface area contributed by atoms with E-state index in [1.807, 2.05) is 32.9 Å². The zero-order valence-electron chi connectivity index (χ0n) is 16.9. The molecule has 0 fully saturated rings. The van der Waals surface area contributed by atoms with Gasteiger partial charge in [-0.15, -0.1) is 0 Å². The highest BCUT2D eigenvalue weighted by atomic mass is 35.5. The third-order valence-corrected chi connectivity index (χ3v) is 4.72. The SMILES string of the molecule is CCOc1cc(C(=O)NC2CCOc3ccc(Cl)cc32)cc(OCC)c1OCC. The molecule has 1 unspecified atom stereocenters. The minimum Gasteiger partial charge on any atom is -0.493 e. The molecule has 2 aromatic rings. The normalized spacial score (nSPS) is 15.1. The number of rotatable bonds is 8. The Morgan fingerprint density at radius 1 is 1.07 bits per heavy atom. The van der Waals surface area contributed by atoms with Crippen molar-refractivity contribution in [1.82, 2.24) is 5.32 Å². The highest BCUT2D eigenvalue weighted by Gasteiger charge is 2.25. The minimum absolute atomic E-state index is 0.192. The number of nitrogens with one attached hydrogen (secondary N) is 1. The summed E-state index contributed by atoms with van der Waals surface area (Å²) in [6.07, 6.45) is 0.659. The molecule has 7 heteroatoms. The molecule has 2 aromatic carbocycles. The second kappa shape index (κ2) is 9.74. The van der Waals surface area contributed by atoms with Crippen molar-refractivity contribution in [2.75, 3.05) is 26.4 Å². The van der Waals surface area contributed by atoms with Gasteiger partial charge in [0.05, 0.1) is 32.5 Å². The molecule has 6 nitrogen and oxygen atoms in total. The Bertz CT molecular complexity index is 843. The van der Waals surface area contributed by atoms with Crippen LogP contribution in [0.25, 0.3) is 0 Å². The van der Waals surface area contributed by atoms with Gasteiger partial charge < -0.3 is 24.3 Å². The van der Waals surface area contributed by atoms with Gasteiger partial charge in [-0.2, -0.15) is 0 Å². The van der Waals surface area contributed by atoms with Gasteiger partial charge in [0.25, 0.3) is 5.91 Å². The quantitative estimate of drug-likeness (QED) is 0.666. The Balaban J connectivity index is 1.90. The largest absolute Gasteiger partial charge is 0.493 e. The van der Waals surface area contributed by atoms with Gasteiger partial charge in [0.15, 0.2) is 11.5 Å². The van der Waals surface area contributed by atoms with E-state index in [1.54, 1.807) is 18.2 Å². The van der Waals surface area contributed by atoms with E-state index < -0.39 is 0 Å². The van der Waals surface area contributed by atoms with Gasteiger partial charge in [-0.05, 0) is 51.1 Å². The maximum Gasteiger partial charge on any atom is 0.252 e. The highest BCUT2D eigenvalue weighted by Crippen LogP contribution is 2.40. The fourth-order valence-corrected chi connectivity index (χ4v) is 3.46. The molecule has 3 rings (SSSR count). The molecular formula is C22H26ClNO5. The van der Waals surface area contributed by atoms with E-state index in [4.69, 9.17) is 30.5 Å². The Morgan fingerprint density at radius 2 is 1.72 bits per heavy atom. The molecular weight excluding hydrogens is 394 g/mol. The van der Waals surface area contributed by atoms with E-state index in [0.29, 0.717) is 60.7 Å². The Labute approximate surface area is 176 Å². The van der Waals surface area contributed by atoms with E-state index in [2.05, 4.69) is 5.32 Å². The summed E-state index contributed by atoms with van der Waals surface area (Å²) in [5.74, 6) is 1.99. The first-order chi connectivity index (χ1) is 14.1. The number of carbonyl (C=O) groups is 1. The maximum absolute atomic E-state index is 13.1. The van der Waals surface area contributed by atoms with Crippen molar-refractivity contribution >= 4 is 17.5 Å². The van der Waals surface area contributed by atoms with Crippen LogP contribution in [0.2, 0.25) is 5.02 Å². The Hall–Kier alpha value is -2.60. The third kappa shape index (κ3) is 4.88. The highest BCUT2D eigenvalue weighted by molar-refractivity contribution is 6.30. The monoisotopic (exact) mass is 419 g/mol. The molecule has 156 valence electrons. The van der Waals surface area contributed by atoms with Crippen molar-refractivity contribution in [3.05, 3.63) is 46.5 Å². The molecule has 1 amide bonds. The fourth-order valence-electron chi connectivity index (χ4n) is 3.28. The molecule has 0 saturated carbocycles. The van der Waals surface area contributed by atoms with Crippen LogP contribution in [0.5, 0.6) is 23.0 Å². The second-order valence-corrected chi connectivity index (χ2v) is 6.88. The Kier molecular flexibility index (Phi) is 7.09. The van der Waals surface area contributed by atoms with Crippen LogP contribution >= 0.6 is 11.6 Å². The fraction of sp³-hybridized carbons (Fsp3) is 0.409. The molecule has 0 aliphatic carbocycles. The van der Waals surface area contributed by atoms with Crippen LogP contribution in [0.3, 0.4) is 0 Å². The number of benzene rings is 2. The van der Waals surface area contributed by atoms with E-state index in [9.17, 15) is 4.79 Å². The van der Waals surface area contributed by atoms with Crippen molar-refractivity contribution in [2.24, 2.45) is 0 Å². The lowest BCUT2D eigenvalue weighted by Gasteiger charge is -2.27. The number of ether oxygens (including phenoxy) is 4. The van der Waals surface area contributed by atoms with Crippen molar-refractivity contribution in [3.63, 3.8) is 0 Å². The van der Waals surface area contributed by atoms with Crippen molar-refractivity contribution in [2.45, 2.75) is 33.2 Å². The maximum atomic E-state index is 13.1. The third-order valence-electron chi connectivity index (χ3n) is 4.49. The number of hydrogen-bond donors (Lipinski definition) is 1. The van der Waals surface area contributed by atoms with Crippen LogP contribution < -0.4 is 24.3 Å². The molecule has 29 heavy (non-hydrogen) atoms. The molecule has 0 saturated heterocycles. The molecule has 1 atom stereocenters. The first-order valence-corrected chi connectivity index (χ1v) is 10.2. The van der Waals surface area contributed by atoms with Crippen molar-refractivity contribution in [3.8, 4) is 23.0 Å². The van der Waals surface area contributed by atoms with Crippen LogP contribution in [0.15, 0.2) is 30.3 Å². The number of amides is 1. The van der Waals surface area contributed by atoms with Gasteiger partial charge in [0.2, 0.25) is 5.75 Å². The molecule has 0 aromatic heterocycles. The standard InChI is InChI=1S/C22H26ClNO5/c1-4-26-19-11-14(12-20(27-5-2)21(19)28-6-3)22(25)24-17-9-10-29-18-8-7-15(23)13-16(17)18/h7-8,11-13,17H,4-6,9-10H2,1-3H3,(H,24,25). The molecule has 1 heterocycles. The van der Waals surface area contributed by atoms with Gasteiger partial charge in [0.1, 0.15) is 5.75 Å². The van der Waals surface area contributed by atoms with Crippen molar-refractivity contribution in [1.29, 1.82) is 0 Å². The number of hydrogen-bond acceptors (Lipinski definition) is 5. The summed E-state index contributed by atoms with van der Waals surface area (Å²) < 4.78 is 22.8. The average molecular weight is 420 g/mol. The van der Waals surface area contributed by atoms with Gasteiger partial charge in [-0.3, -0.25) is 4.79 Å². The average Bonchev–Trinajstić information content (AvgIpc) is 2.71. The molecule has 1 N–H and O–H groups in total. The van der Waals surface area contributed by atoms with Crippen molar-refractivity contribution < 1.29 is 23.7 Å². The summed E-state index contributed by atoms with van der Waals surface area (Å²) in [5, 5.41) is 3.68. The molecule has 1 aliphatic rings. The zero-order valence-corrected chi connectivity index (χ0v) is 17.7. The number of fused-ring (bicyclic) bond motifs is 1.